The Morgan fingerprint density at radius 2 is 1.89 bits per heavy atom. The summed E-state index contributed by atoms with van der Waals surface area (Å²) in [6, 6.07) is 9.26. The van der Waals surface area contributed by atoms with Crippen LogP contribution >= 0.6 is 0 Å². The number of rotatable bonds is 8. The molecule has 2 heterocycles. The Hall–Kier alpha value is -4.15. The lowest BCUT2D eigenvalue weighted by Gasteiger charge is -2.14. The van der Waals surface area contributed by atoms with Gasteiger partial charge in [-0.3, -0.25) is 9.48 Å². The molecule has 0 spiro atoms. The highest BCUT2D eigenvalue weighted by molar-refractivity contribution is 6.04. The van der Waals surface area contributed by atoms with Crippen LogP contribution in [0.5, 0.6) is 5.75 Å². The Kier molecular flexibility index (Phi) is 7.56. The van der Waals surface area contributed by atoms with E-state index in [9.17, 15) is 18.0 Å². The molecule has 0 saturated carbocycles. The molecule has 1 amide bonds. The Morgan fingerprint density at radius 1 is 1.13 bits per heavy atom. The molecule has 4 rings (SSSR count). The Labute approximate surface area is 218 Å². The van der Waals surface area contributed by atoms with Gasteiger partial charge in [-0.1, -0.05) is 25.1 Å². The van der Waals surface area contributed by atoms with E-state index in [0.29, 0.717) is 34.8 Å². The van der Waals surface area contributed by atoms with Gasteiger partial charge in [-0.15, -0.1) is 18.3 Å². The zero-order valence-electron chi connectivity index (χ0n) is 21.8. The fourth-order valence-electron chi connectivity index (χ4n) is 3.98. The van der Waals surface area contributed by atoms with Crippen molar-refractivity contribution < 1.29 is 22.7 Å². The molecule has 0 aliphatic carbocycles. The summed E-state index contributed by atoms with van der Waals surface area (Å²) in [5, 5.41) is 15.4. The molecule has 2 aromatic carbocycles. The number of amides is 1. The minimum atomic E-state index is -4.84. The number of hydrogen-bond acceptors (Lipinski definition) is 5. The van der Waals surface area contributed by atoms with Gasteiger partial charge in [0.2, 0.25) is 0 Å². The van der Waals surface area contributed by atoms with Crippen LogP contribution in [0.25, 0.3) is 16.9 Å². The van der Waals surface area contributed by atoms with Crippen LogP contribution in [0.4, 0.5) is 18.9 Å². The van der Waals surface area contributed by atoms with Crippen molar-refractivity contribution in [2.45, 2.75) is 46.9 Å². The van der Waals surface area contributed by atoms with E-state index < -0.39 is 12.3 Å². The number of nitrogens with one attached hydrogen (secondary N) is 1. The summed E-state index contributed by atoms with van der Waals surface area (Å²) in [6.45, 7) is 7.88. The molecule has 0 atom stereocenters. The van der Waals surface area contributed by atoms with Crippen molar-refractivity contribution in [2.75, 3.05) is 5.32 Å². The third-order valence-corrected chi connectivity index (χ3v) is 6.19. The van der Waals surface area contributed by atoms with E-state index in [0.717, 1.165) is 23.2 Å². The number of alkyl halides is 3. The normalized spacial score (nSPS) is 11.7. The first-order chi connectivity index (χ1) is 17.9. The molecular weight excluding hydrogens is 497 g/mol. The van der Waals surface area contributed by atoms with E-state index >= 15 is 0 Å². The van der Waals surface area contributed by atoms with Crippen molar-refractivity contribution in [3.63, 3.8) is 0 Å². The number of nitrogens with zero attached hydrogens (tertiary/aromatic N) is 5. The summed E-state index contributed by atoms with van der Waals surface area (Å²) in [4.78, 5) is 13.1. The van der Waals surface area contributed by atoms with E-state index in [2.05, 4.69) is 25.5 Å². The van der Waals surface area contributed by atoms with E-state index in [1.807, 2.05) is 34.7 Å². The van der Waals surface area contributed by atoms with Gasteiger partial charge in [0.05, 0.1) is 18.1 Å². The smallest absolute Gasteiger partial charge is 0.406 e. The predicted molar refractivity (Wildman–Crippen MR) is 137 cm³/mol. The van der Waals surface area contributed by atoms with Gasteiger partial charge in [-0.05, 0) is 68.0 Å². The van der Waals surface area contributed by atoms with Gasteiger partial charge in [0.1, 0.15) is 11.4 Å². The number of aromatic nitrogens is 5. The highest BCUT2D eigenvalue weighted by Crippen LogP contribution is 2.29. The van der Waals surface area contributed by atoms with Crippen molar-refractivity contribution in [2.24, 2.45) is 13.0 Å². The maximum Gasteiger partial charge on any atom is 0.573 e. The molecule has 0 aliphatic heterocycles. The number of anilines is 1. The number of halogens is 3. The first-order valence-electron chi connectivity index (χ1n) is 12.1. The molecule has 0 unspecified atom stereocenters. The molecule has 200 valence electrons. The summed E-state index contributed by atoms with van der Waals surface area (Å²) < 4.78 is 46.2. The van der Waals surface area contributed by atoms with E-state index in [1.54, 1.807) is 46.0 Å². The zero-order valence-corrected chi connectivity index (χ0v) is 21.8. The summed E-state index contributed by atoms with van der Waals surface area (Å²) >= 11 is 0. The number of benzene rings is 2. The van der Waals surface area contributed by atoms with Crippen LogP contribution in [-0.2, 0) is 13.5 Å². The molecule has 0 fully saturated rings. The van der Waals surface area contributed by atoms with Crippen molar-refractivity contribution in [3.05, 3.63) is 71.2 Å². The SMILES string of the molecule is Cc1ccc(C(=O)Nc2cc(CCC(C)C)cc(OC(F)(F)F)c2)cc1-n1cc(-c2cnn(C)c2C)nn1. The second-order valence-electron chi connectivity index (χ2n) is 9.62. The number of carbonyl (C=O) groups is 1. The Bertz CT molecular complexity index is 1460. The molecule has 11 heteroatoms. The van der Waals surface area contributed by atoms with Crippen molar-refractivity contribution in [1.29, 1.82) is 0 Å². The lowest BCUT2D eigenvalue weighted by atomic mass is 10.0. The molecule has 8 nitrogen and oxygen atoms in total. The van der Waals surface area contributed by atoms with Crippen LogP contribution in [0, 0.1) is 19.8 Å². The lowest BCUT2D eigenvalue weighted by Crippen LogP contribution is -2.18. The van der Waals surface area contributed by atoms with Gasteiger partial charge in [0.15, 0.2) is 0 Å². The van der Waals surface area contributed by atoms with Crippen LogP contribution in [0.3, 0.4) is 0 Å². The molecule has 0 radical (unpaired) electrons. The first kappa shape index (κ1) is 26.9. The minimum absolute atomic E-state index is 0.215. The van der Waals surface area contributed by atoms with Gasteiger partial charge < -0.3 is 10.1 Å². The molecule has 0 aliphatic rings. The maximum absolute atomic E-state index is 13.1. The van der Waals surface area contributed by atoms with Crippen molar-refractivity contribution >= 4 is 11.6 Å². The second-order valence-corrected chi connectivity index (χ2v) is 9.62. The molecule has 38 heavy (non-hydrogen) atoms. The van der Waals surface area contributed by atoms with Gasteiger partial charge in [-0.25, -0.2) is 4.68 Å². The fraction of sp³-hybridized carbons (Fsp3) is 0.333. The minimum Gasteiger partial charge on any atom is -0.406 e. The zero-order chi connectivity index (χ0) is 27.6. The Balaban J connectivity index is 1.60. The standard InChI is InChI=1S/C27H29F3N6O2/c1-16(2)6-8-19-10-21(13-22(11-19)38-27(28,29)30)32-26(37)20-9-7-17(3)25(12-20)36-15-24(33-34-36)23-14-31-35(5)18(23)4/h7,9-16H,6,8H2,1-5H3,(H,32,37). The largest absolute Gasteiger partial charge is 0.573 e. The van der Waals surface area contributed by atoms with Gasteiger partial charge in [0.25, 0.3) is 5.91 Å². The van der Waals surface area contributed by atoms with Crippen LogP contribution in [-0.4, -0.2) is 37.0 Å². The average Bonchev–Trinajstić information content (AvgIpc) is 3.43. The third-order valence-electron chi connectivity index (χ3n) is 6.19. The molecule has 4 aromatic rings. The summed E-state index contributed by atoms with van der Waals surface area (Å²) in [5.41, 5.74) is 5.09. The second kappa shape index (κ2) is 10.7. The fourth-order valence-corrected chi connectivity index (χ4v) is 3.98. The summed E-state index contributed by atoms with van der Waals surface area (Å²) in [5.74, 6) is -0.487. The molecule has 1 N–H and O–H groups in total. The van der Waals surface area contributed by atoms with Gasteiger partial charge in [0, 0.05) is 35.6 Å². The quantitative estimate of drug-likeness (QED) is 0.303. The number of aryl methyl sites for hydroxylation is 3. The van der Waals surface area contributed by atoms with Gasteiger partial charge in [-0.2, -0.15) is 5.10 Å². The highest BCUT2D eigenvalue weighted by Gasteiger charge is 2.31. The van der Waals surface area contributed by atoms with Gasteiger partial charge >= 0.3 is 6.36 Å². The molecule has 0 bridgehead atoms. The van der Waals surface area contributed by atoms with E-state index in [-0.39, 0.29) is 11.4 Å². The number of hydrogen-bond donors (Lipinski definition) is 1. The monoisotopic (exact) mass is 526 g/mol. The first-order valence-corrected chi connectivity index (χ1v) is 12.1. The topological polar surface area (TPSA) is 86.9 Å². The Morgan fingerprint density at radius 3 is 2.55 bits per heavy atom. The van der Waals surface area contributed by atoms with E-state index in [4.69, 9.17) is 0 Å². The maximum atomic E-state index is 13.1. The van der Waals surface area contributed by atoms with E-state index in [1.165, 1.54) is 12.1 Å². The highest BCUT2D eigenvalue weighted by atomic mass is 19.4. The van der Waals surface area contributed by atoms with Crippen LogP contribution in [0.1, 0.15) is 47.4 Å². The van der Waals surface area contributed by atoms with Crippen molar-refractivity contribution in [1.82, 2.24) is 24.8 Å². The average molecular weight is 527 g/mol. The lowest BCUT2D eigenvalue weighted by molar-refractivity contribution is -0.274. The van der Waals surface area contributed by atoms with Crippen LogP contribution < -0.4 is 10.1 Å². The third kappa shape index (κ3) is 6.39. The number of carbonyl (C=O) groups excluding carboxylic acids is 1. The molecule has 2 aromatic heterocycles. The van der Waals surface area contributed by atoms with Crippen LogP contribution in [0.15, 0.2) is 48.8 Å². The van der Waals surface area contributed by atoms with Crippen molar-refractivity contribution in [3.8, 4) is 22.7 Å². The molecular formula is C27H29F3N6O2. The number of ether oxygens (including phenoxy) is 1. The summed E-state index contributed by atoms with van der Waals surface area (Å²) in [7, 11) is 1.84. The van der Waals surface area contributed by atoms with Crippen LogP contribution in [0.2, 0.25) is 0 Å². The predicted octanol–water partition coefficient (Wildman–Crippen LogP) is 6.02. The summed E-state index contributed by atoms with van der Waals surface area (Å²) in [6.07, 6.45) is -0.0355. The molecule has 0 saturated heterocycles.